The Morgan fingerprint density at radius 1 is 1.27 bits per heavy atom. The highest BCUT2D eigenvalue weighted by molar-refractivity contribution is 5.97. The van der Waals surface area contributed by atoms with Crippen LogP contribution in [-0.2, 0) is 4.79 Å². The second kappa shape index (κ2) is 4.45. The summed E-state index contributed by atoms with van der Waals surface area (Å²) in [6.07, 6.45) is 0.369. The number of carboxylic acid groups (broad SMARTS) is 2. The molecule has 1 aliphatic rings. The van der Waals surface area contributed by atoms with Crippen LogP contribution in [-0.4, -0.2) is 40.3 Å². The van der Waals surface area contributed by atoms with Gasteiger partial charge in [0.15, 0.2) is 5.78 Å². The third kappa shape index (κ3) is 2.97. The van der Waals surface area contributed by atoms with E-state index in [0.29, 0.717) is 0 Å². The van der Waals surface area contributed by atoms with Crippen molar-refractivity contribution in [3.63, 3.8) is 0 Å². The van der Waals surface area contributed by atoms with E-state index in [2.05, 4.69) is 5.32 Å². The highest BCUT2D eigenvalue weighted by atomic mass is 16.4. The summed E-state index contributed by atoms with van der Waals surface area (Å²) >= 11 is 0. The van der Waals surface area contributed by atoms with Gasteiger partial charge in [-0.05, 0) is 12.5 Å². The average Bonchev–Trinajstić information content (AvgIpc) is 2.09. The summed E-state index contributed by atoms with van der Waals surface area (Å²) in [5.74, 6) is -0.456. The number of amides is 2. The summed E-state index contributed by atoms with van der Waals surface area (Å²) < 4.78 is 0. The number of carbonyl (C=O) groups is 3. The van der Waals surface area contributed by atoms with Gasteiger partial charge in [-0.2, -0.15) is 0 Å². The van der Waals surface area contributed by atoms with Crippen LogP contribution < -0.4 is 10.6 Å². The van der Waals surface area contributed by atoms with E-state index in [1.165, 1.54) is 12.2 Å². The second-order valence-corrected chi connectivity index (χ2v) is 3.02. The predicted octanol–water partition coefficient (Wildman–Crippen LogP) is -0.212. The lowest BCUT2D eigenvalue weighted by Crippen LogP contribution is -2.55. The van der Waals surface area contributed by atoms with Crippen LogP contribution in [0.1, 0.15) is 6.42 Å². The van der Waals surface area contributed by atoms with Gasteiger partial charge in [0.05, 0.1) is 6.04 Å². The Hall–Kier alpha value is -2.05. The monoisotopic (exact) mass is 214 g/mol. The third-order valence-electron chi connectivity index (χ3n) is 1.97. The first-order chi connectivity index (χ1) is 7.00. The molecule has 7 heteroatoms. The molecular weight excluding hydrogens is 204 g/mol. The summed E-state index contributed by atoms with van der Waals surface area (Å²) in [6.45, 7) is 0. The molecule has 2 amide bonds. The summed E-state index contributed by atoms with van der Waals surface area (Å²) in [6, 6.07) is -1.81. The van der Waals surface area contributed by atoms with Crippen molar-refractivity contribution in [1.82, 2.24) is 10.6 Å². The zero-order valence-corrected chi connectivity index (χ0v) is 7.64. The molecule has 0 bridgehead atoms. The largest absolute Gasteiger partial charge is 0.465 e. The molecule has 0 aromatic carbocycles. The topological polar surface area (TPSA) is 116 Å². The van der Waals surface area contributed by atoms with Crippen LogP contribution in [0.25, 0.3) is 0 Å². The van der Waals surface area contributed by atoms with Gasteiger partial charge in [0, 0.05) is 0 Å². The fraction of sp³-hybridized carbons (Fsp3) is 0.375. The van der Waals surface area contributed by atoms with E-state index in [-0.39, 0.29) is 6.42 Å². The van der Waals surface area contributed by atoms with E-state index in [4.69, 9.17) is 10.2 Å². The van der Waals surface area contributed by atoms with Gasteiger partial charge < -0.3 is 20.8 Å². The quantitative estimate of drug-likeness (QED) is 0.507. The minimum Gasteiger partial charge on any atom is -0.465 e. The van der Waals surface area contributed by atoms with E-state index >= 15 is 0 Å². The van der Waals surface area contributed by atoms with Gasteiger partial charge in [-0.1, -0.05) is 6.08 Å². The first-order valence-electron chi connectivity index (χ1n) is 4.20. The van der Waals surface area contributed by atoms with E-state index in [0.717, 1.165) is 0 Å². The highest BCUT2D eigenvalue weighted by Gasteiger charge is 2.31. The van der Waals surface area contributed by atoms with Crippen molar-refractivity contribution in [2.45, 2.75) is 18.5 Å². The lowest BCUT2D eigenvalue weighted by molar-refractivity contribution is -0.117. The third-order valence-corrected chi connectivity index (χ3v) is 1.97. The molecule has 0 heterocycles. The zero-order chi connectivity index (χ0) is 11.4. The van der Waals surface area contributed by atoms with Crippen molar-refractivity contribution in [1.29, 1.82) is 0 Å². The molecule has 0 aliphatic heterocycles. The molecule has 0 radical (unpaired) electrons. The molecule has 7 nitrogen and oxygen atoms in total. The number of nitrogens with one attached hydrogen (secondary N) is 2. The molecule has 82 valence electrons. The van der Waals surface area contributed by atoms with Gasteiger partial charge in [-0.25, -0.2) is 9.59 Å². The van der Waals surface area contributed by atoms with Crippen molar-refractivity contribution in [3.05, 3.63) is 12.2 Å². The number of carbonyl (C=O) groups excluding carboxylic acids is 1. The molecule has 0 saturated carbocycles. The summed E-state index contributed by atoms with van der Waals surface area (Å²) in [4.78, 5) is 32.0. The Morgan fingerprint density at radius 2 is 1.87 bits per heavy atom. The number of hydrogen-bond acceptors (Lipinski definition) is 3. The van der Waals surface area contributed by atoms with Crippen LogP contribution in [0.3, 0.4) is 0 Å². The summed E-state index contributed by atoms with van der Waals surface area (Å²) in [5, 5.41) is 21.0. The lowest BCUT2D eigenvalue weighted by atomic mass is 9.95. The SMILES string of the molecule is O=C(O)N[C@H]1CC=CC(=O)[C@@H]1NC(=O)O. The Labute approximate surface area is 84.8 Å². The smallest absolute Gasteiger partial charge is 0.405 e. The van der Waals surface area contributed by atoms with Gasteiger partial charge >= 0.3 is 12.2 Å². The van der Waals surface area contributed by atoms with E-state index in [1.807, 2.05) is 5.32 Å². The molecule has 2 atom stereocenters. The molecule has 0 fully saturated rings. The van der Waals surface area contributed by atoms with Crippen molar-refractivity contribution >= 4 is 18.0 Å². The van der Waals surface area contributed by atoms with E-state index < -0.39 is 30.1 Å². The van der Waals surface area contributed by atoms with Crippen LogP contribution in [0.4, 0.5) is 9.59 Å². The summed E-state index contributed by atoms with van der Waals surface area (Å²) in [5.41, 5.74) is 0. The maximum Gasteiger partial charge on any atom is 0.405 e. The van der Waals surface area contributed by atoms with Crippen molar-refractivity contribution in [2.75, 3.05) is 0 Å². The Balaban J connectivity index is 2.74. The van der Waals surface area contributed by atoms with Gasteiger partial charge in [0.25, 0.3) is 0 Å². The van der Waals surface area contributed by atoms with Crippen LogP contribution in [0.5, 0.6) is 0 Å². The minimum absolute atomic E-state index is 0.281. The molecule has 0 saturated heterocycles. The molecule has 15 heavy (non-hydrogen) atoms. The molecule has 0 aromatic heterocycles. The fourth-order valence-corrected chi connectivity index (χ4v) is 1.37. The van der Waals surface area contributed by atoms with Gasteiger partial charge in [0.1, 0.15) is 6.04 Å². The van der Waals surface area contributed by atoms with Crippen LogP contribution in [0, 0.1) is 0 Å². The number of ketones is 1. The van der Waals surface area contributed by atoms with Gasteiger partial charge in [-0.3, -0.25) is 4.79 Å². The molecule has 1 rings (SSSR count). The van der Waals surface area contributed by atoms with Crippen molar-refractivity contribution < 1.29 is 24.6 Å². The normalized spacial score (nSPS) is 24.7. The Bertz CT molecular complexity index is 325. The fourth-order valence-electron chi connectivity index (χ4n) is 1.37. The van der Waals surface area contributed by atoms with Crippen LogP contribution in [0.2, 0.25) is 0 Å². The van der Waals surface area contributed by atoms with Crippen LogP contribution >= 0.6 is 0 Å². The van der Waals surface area contributed by atoms with Gasteiger partial charge in [-0.15, -0.1) is 0 Å². The molecular formula is C8H10N2O5. The number of hydrogen-bond donors (Lipinski definition) is 4. The highest BCUT2D eigenvalue weighted by Crippen LogP contribution is 2.09. The second-order valence-electron chi connectivity index (χ2n) is 3.02. The lowest BCUT2D eigenvalue weighted by Gasteiger charge is -2.26. The molecule has 0 unspecified atom stereocenters. The molecule has 1 aliphatic carbocycles. The summed E-state index contributed by atoms with van der Waals surface area (Å²) in [7, 11) is 0. The Morgan fingerprint density at radius 3 is 2.40 bits per heavy atom. The average molecular weight is 214 g/mol. The Kier molecular flexibility index (Phi) is 3.27. The van der Waals surface area contributed by atoms with Crippen LogP contribution in [0.15, 0.2) is 12.2 Å². The maximum atomic E-state index is 11.3. The maximum absolute atomic E-state index is 11.3. The first-order valence-corrected chi connectivity index (χ1v) is 4.20. The van der Waals surface area contributed by atoms with Crippen molar-refractivity contribution in [2.24, 2.45) is 0 Å². The van der Waals surface area contributed by atoms with Crippen molar-refractivity contribution in [3.8, 4) is 0 Å². The predicted molar refractivity (Wildman–Crippen MR) is 48.7 cm³/mol. The van der Waals surface area contributed by atoms with E-state index in [9.17, 15) is 14.4 Å². The molecule has 0 aromatic rings. The standard InChI is InChI=1S/C8H10N2O5/c11-5-3-1-2-4(9-7(12)13)6(5)10-8(14)15/h1,3-4,6,9-10H,2H2,(H,12,13)(H,14,15)/t4-,6+/m0/s1. The molecule has 4 N–H and O–H groups in total. The molecule has 0 spiro atoms. The zero-order valence-electron chi connectivity index (χ0n) is 7.64. The first kappa shape index (κ1) is 11.0. The minimum atomic E-state index is -1.36. The van der Waals surface area contributed by atoms with Gasteiger partial charge in [0.2, 0.25) is 0 Å². The van der Waals surface area contributed by atoms with E-state index in [1.54, 1.807) is 0 Å². The number of rotatable bonds is 2.